The van der Waals surface area contributed by atoms with Crippen molar-refractivity contribution in [2.75, 3.05) is 11.9 Å². The lowest BCUT2D eigenvalue weighted by Crippen LogP contribution is -2.32. The molecule has 0 saturated heterocycles. The third-order valence-electron chi connectivity index (χ3n) is 3.01. The van der Waals surface area contributed by atoms with Gasteiger partial charge in [0.1, 0.15) is 24.3 Å². The van der Waals surface area contributed by atoms with Gasteiger partial charge < -0.3 is 15.7 Å². The summed E-state index contributed by atoms with van der Waals surface area (Å²) in [7, 11) is 0. The Morgan fingerprint density at radius 2 is 1.96 bits per heavy atom. The standard InChI is InChI=1S/C14H14F4N4O2/c15-9-2-1-3-10(16)13(9)11(23)5-19-14(24)21-8-4-20-22(6-8)7-12(17)18/h1-4,6,11-12,23H,5,7H2,(H2,19,21,24). The highest BCUT2D eigenvalue weighted by molar-refractivity contribution is 5.88. The lowest BCUT2D eigenvalue weighted by atomic mass is 10.1. The lowest BCUT2D eigenvalue weighted by Gasteiger charge is -2.14. The van der Waals surface area contributed by atoms with Gasteiger partial charge in [-0.1, -0.05) is 6.07 Å². The molecule has 6 nitrogen and oxygen atoms in total. The van der Waals surface area contributed by atoms with Crippen LogP contribution in [0.2, 0.25) is 0 Å². The fourth-order valence-electron chi connectivity index (χ4n) is 1.97. The minimum Gasteiger partial charge on any atom is -0.386 e. The van der Waals surface area contributed by atoms with Crippen molar-refractivity contribution in [2.45, 2.75) is 19.1 Å². The third-order valence-corrected chi connectivity index (χ3v) is 3.01. The van der Waals surface area contributed by atoms with Crippen LogP contribution >= 0.6 is 0 Å². The van der Waals surface area contributed by atoms with Crippen molar-refractivity contribution in [3.05, 3.63) is 47.8 Å². The second-order valence-corrected chi connectivity index (χ2v) is 4.83. The molecule has 1 atom stereocenters. The van der Waals surface area contributed by atoms with E-state index in [0.717, 1.165) is 29.1 Å². The van der Waals surface area contributed by atoms with E-state index in [9.17, 15) is 27.5 Å². The zero-order valence-corrected chi connectivity index (χ0v) is 12.2. The van der Waals surface area contributed by atoms with Gasteiger partial charge in [0.05, 0.1) is 17.4 Å². The van der Waals surface area contributed by atoms with Crippen molar-refractivity contribution >= 4 is 11.7 Å². The van der Waals surface area contributed by atoms with Crippen LogP contribution in [-0.2, 0) is 6.54 Å². The number of nitrogens with one attached hydrogen (secondary N) is 2. The van der Waals surface area contributed by atoms with Crippen molar-refractivity contribution in [2.24, 2.45) is 0 Å². The number of anilines is 1. The van der Waals surface area contributed by atoms with E-state index < -0.39 is 48.8 Å². The minimum atomic E-state index is -2.59. The van der Waals surface area contributed by atoms with Crippen molar-refractivity contribution in [3.63, 3.8) is 0 Å². The van der Waals surface area contributed by atoms with Gasteiger partial charge in [0, 0.05) is 12.7 Å². The normalized spacial score (nSPS) is 12.2. The van der Waals surface area contributed by atoms with Gasteiger partial charge in [-0.3, -0.25) is 4.68 Å². The number of hydrogen-bond donors (Lipinski definition) is 3. The summed E-state index contributed by atoms with van der Waals surface area (Å²) in [6.45, 7) is -1.07. The smallest absolute Gasteiger partial charge is 0.319 e. The number of urea groups is 1. The molecule has 2 amide bonds. The summed E-state index contributed by atoms with van der Waals surface area (Å²) < 4.78 is 52.3. The van der Waals surface area contributed by atoms with E-state index >= 15 is 0 Å². The molecule has 10 heteroatoms. The van der Waals surface area contributed by atoms with Gasteiger partial charge in [-0.2, -0.15) is 5.10 Å². The van der Waals surface area contributed by atoms with Crippen LogP contribution in [0.4, 0.5) is 28.0 Å². The number of hydrogen-bond acceptors (Lipinski definition) is 3. The molecule has 1 unspecified atom stereocenters. The summed E-state index contributed by atoms with van der Waals surface area (Å²) in [5.74, 6) is -1.86. The number of carbonyl (C=O) groups excluding carboxylic acids is 1. The fraction of sp³-hybridized carbons (Fsp3) is 0.286. The molecule has 24 heavy (non-hydrogen) atoms. The fourth-order valence-corrected chi connectivity index (χ4v) is 1.97. The summed E-state index contributed by atoms with van der Waals surface area (Å²) in [5.41, 5.74) is -0.401. The molecule has 1 aromatic heterocycles. The molecule has 0 aliphatic rings. The molecule has 1 heterocycles. The average molecular weight is 346 g/mol. The molecule has 3 N–H and O–H groups in total. The SMILES string of the molecule is O=C(NCC(O)c1c(F)cccc1F)Nc1cnn(CC(F)F)c1. The lowest BCUT2D eigenvalue weighted by molar-refractivity contribution is 0.122. The van der Waals surface area contributed by atoms with E-state index in [4.69, 9.17) is 0 Å². The Kier molecular flexibility index (Phi) is 5.74. The summed E-state index contributed by atoms with van der Waals surface area (Å²) in [6.07, 6.45) is -1.82. The van der Waals surface area contributed by atoms with Crippen LogP contribution in [0.3, 0.4) is 0 Å². The van der Waals surface area contributed by atoms with Crippen molar-refractivity contribution in [1.29, 1.82) is 0 Å². The van der Waals surface area contributed by atoms with Gasteiger partial charge >= 0.3 is 6.03 Å². The van der Waals surface area contributed by atoms with Gasteiger partial charge in [-0.15, -0.1) is 0 Å². The maximum Gasteiger partial charge on any atom is 0.319 e. The Hall–Kier alpha value is -2.62. The molecule has 0 aliphatic heterocycles. The molecule has 0 radical (unpaired) electrons. The molecular weight excluding hydrogens is 332 g/mol. The second-order valence-electron chi connectivity index (χ2n) is 4.83. The largest absolute Gasteiger partial charge is 0.386 e. The first-order chi connectivity index (χ1) is 11.4. The first kappa shape index (κ1) is 17.7. The number of amides is 2. The first-order valence-corrected chi connectivity index (χ1v) is 6.84. The number of alkyl halides is 2. The van der Waals surface area contributed by atoms with Gasteiger partial charge in [0.2, 0.25) is 0 Å². The van der Waals surface area contributed by atoms with Crippen molar-refractivity contribution in [3.8, 4) is 0 Å². The first-order valence-electron chi connectivity index (χ1n) is 6.84. The van der Waals surface area contributed by atoms with Gasteiger partial charge in [-0.05, 0) is 12.1 Å². The number of nitrogens with zero attached hydrogens (tertiary/aromatic N) is 2. The van der Waals surface area contributed by atoms with Crippen molar-refractivity contribution < 1.29 is 27.5 Å². The molecular formula is C14H14F4N4O2. The molecule has 0 fully saturated rings. The van der Waals surface area contributed by atoms with E-state index in [1.165, 1.54) is 6.20 Å². The number of aromatic nitrogens is 2. The molecule has 2 rings (SSSR count). The zero-order valence-electron chi connectivity index (χ0n) is 12.2. The number of halogens is 4. The molecule has 0 bridgehead atoms. The average Bonchev–Trinajstić information content (AvgIpc) is 2.91. The van der Waals surface area contributed by atoms with E-state index in [1.54, 1.807) is 0 Å². The molecule has 0 aliphatic carbocycles. The highest BCUT2D eigenvalue weighted by Gasteiger charge is 2.18. The van der Waals surface area contributed by atoms with Gasteiger partial charge in [0.25, 0.3) is 6.43 Å². The summed E-state index contributed by atoms with van der Waals surface area (Å²) >= 11 is 0. The van der Waals surface area contributed by atoms with Crippen LogP contribution in [-0.4, -0.2) is 33.9 Å². The quantitative estimate of drug-likeness (QED) is 0.702. The number of benzene rings is 1. The van der Waals surface area contributed by atoms with E-state index in [-0.39, 0.29) is 5.69 Å². The molecule has 0 saturated carbocycles. The summed E-state index contributed by atoms with van der Waals surface area (Å²) in [4.78, 5) is 11.6. The predicted molar refractivity (Wildman–Crippen MR) is 76.6 cm³/mol. The van der Waals surface area contributed by atoms with Crippen molar-refractivity contribution in [1.82, 2.24) is 15.1 Å². The summed E-state index contributed by atoms with van der Waals surface area (Å²) in [5, 5.41) is 17.9. The summed E-state index contributed by atoms with van der Waals surface area (Å²) in [6, 6.07) is 2.33. The molecule has 0 spiro atoms. The monoisotopic (exact) mass is 346 g/mol. The Balaban J connectivity index is 1.88. The third kappa shape index (κ3) is 4.69. The predicted octanol–water partition coefficient (Wildman–Crippen LogP) is 2.28. The highest BCUT2D eigenvalue weighted by Crippen LogP contribution is 2.19. The van der Waals surface area contributed by atoms with Crippen LogP contribution in [0.25, 0.3) is 0 Å². The number of carbonyl (C=O) groups is 1. The molecule has 1 aromatic carbocycles. The number of aliphatic hydroxyl groups excluding tert-OH is 1. The van der Waals surface area contributed by atoms with E-state index in [2.05, 4.69) is 15.7 Å². The van der Waals surface area contributed by atoms with Crippen LogP contribution < -0.4 is 10.6 Å². The Morgan fingerprint density at radius 1 is 1.29 bits per heavy atom. The topological polar surface area (TPSA) is 79.2 Å². The van der Waals surface area contributed by atoms with E-state index in [1.807, 2.05) is 0 Å². The molecule has 2 aromatic rings. The van der Waals surface area contributed by atoms with Crippen LogP contribution in [0.15, 0.2) is 30.6 Å². The van der Waals surface area contributed by atoms with Crippen LogP contribution in [0.5, 0.6) is 0 Å². The van der Waals surface area contributed by atoms with Crippen LogP contribution in [0.1, 0.15) is 11.7 Å². The maximum atomic E-state index is 13.5. The minimum absolute atomic E-state index is 0.153. The van der Waals surface area contributed by atoms with Gasteiger partial charge in [0.15, 0.2) is 0 Å². The van der Waals surface area contributed by atoms with Gasteiger partial charge in [-0.25, -0.2) is 22.4 Å². The maximum absolute atomic E-state index is 13.5. The Bertz CT molecular complexity index is 688. The second kappa shape index (κ2) is 7.77. The zero-order chi connectivity index (χ0) is 17.7. The van der Waals surface area contributed by atoms with Crippen LogP contribution in [0, 0.1) is 11.6 Å². The Morgan fingerprint density at radius 3 is 2.58 bits per heavy atom. The number of aliphatic hydroxyl groups is 1. The van der Waals surface area contributed by atoms with E-state index in [0.29, 0.717) is 0 Å². The number of rotatable bonds is 6. The highest BCUT2D eigenvalue weighted by atomic mass is 19.3. The molecule has 130 valence electrons. The Labute approximate surface area is 134 Å².